The Hall–Kier alpha value is -0.910. The van der Waals surface area contributed by atoms with Crippen LogP contribution in [0, 0.1) is 0 Å². The van der Waals surface area contributed by atoms with Crippen molar-refractivity contribution in [2.45, 2.75) is 6.10 Å². The molecule has 5 heteroatoms. The van der Waals surface area contributed by atoms with Crippen LogP contribution in [0.2, 0.25) is 0 Å². The molecule has 0 radical (unpaired) electrons. The number of hydrogen-bond donors (Lipinski definition) is 3. The van der Waals surface area contributed by atoms with E-state index in [1.807, 2.05) is 0 Å². The average molecular weight is 178 g/mol. The Kier molecular flexibility index (Phi) is 11.5. The zero-order valence-electron chi connectivity index (χ0n) is 6.93. The van der Waals surface area contributed by atoms with E-state index in [2.05, 4.69) is 11.3 Å². The number of carboxylic acid groups (broad SMARTS) is 1. The first-order valence-corrected chi connectivity index (χ1v) is 3.22. The van der Waals surface area contributed by atoms with Crippen molar-refractivity contribution < 1.29 is 24.9 Å². The van der Waals surface area contributed by atoms with Crippen LogP contribution in [0.3, 0.4) is 0 Å². The first-order chi connectivity index (χ1) is 5.62. The van der Waals surface area contributed by atoms with Gasteiger partial charge in [0.25, 0.3) is 0 Å². The highest BCUT2D eigenvalue weighted by Gasteiger charge is 1.99. The van der Waals surface area contributed by atoms with Crippen LogP contribution in [0.1, 0.15) is 0 Å². The molecule has 0 aliphatic rings. The number of ether oxygens (including phenoxy) is 1. The number of aliphatic hydroxyl groups is 2. The maximum absolute atomic E-state index is 9.25. The quantitative estimate of drug-likeness (QED) is 0.493. The molecule has 0 bridgehead atoms. The second-order valence-corrected chi connectivity index (χ2v) is 1.77. The Bertz CT molecular complexity index is 113. The van der Waals surface area contributed by atoms with Crippen molar-refractivity contribution in [1.82, 2.24) is 0 Å². The highest BCUT2D eigenvalue weighted by Crippen LogP contribution is 1.82. The van der Waals surface area contributed by atoms with Gasteiger partial charge in [0.1, 0.15) is 6.10 Å². The maximum Gasteiger partial charge on any atom is 0.327 e. The lowest BCUT2D eigenvalue weighted by Crippen LogP contribution is -2.19. The van der Waals surface area contributed by atoms with Gasteiger partial charge in [-0.05, 0) is 0 Å². The van der Waals surface area contributed by atoms with E-state index in [4.69, 9.17) is 15.3 Å². The fourth-order valence-electron chi connectivity index (χ4n) is 0.207. The predicted molar refractivity (Wildman–Crippen MR) is 42.8 cm³/mol. The smallest absolute Gasteiger partial charge is 0.327 e. The monoisotopic (exact) mass is 178 g/mol. The molecule has 0 fully saturated rings. The largest absolute Gasteiger partial charge is 0.478 e. The van der Waals surface area contributed by atoms with Crippen molar-refractivity contribution in [2.75, 3.05) is 20.3 Å². The summed E-state index contributed by atoms with van der Waals surface area (Å²) in [6.07, 6.45) is 0.431. The van der Waals surface area contributed by atoms with Crippen molar-refractivity contribution in [3.05, 3.63) is 12.7 Å². The molecule has 0 aromatic rings. The third kappa shape index (κ3) is 11.8. The third-order valence-electron chi connectivity index (χ3n) is 0.915. The van der Waals surface area contributed by atoms with Gasteiger partial charge < -0.3 is 20.1 Å². The number of rotatable bonds is 4. The number of hydrogen-bond acceptors (Lipinski definition) is 4. The van der Waals surface area contributed by atoms with Crippen LogP contribution in [-0.4, -0.2) is 47.7 Å². The highest BCUT2D eigenvalue weighted by atomic mass is 16.5. The molecule has 0 saturated carbocycles. The Morgan fingerprint density at radius 2 is 1.92 bits per heavy atom. The molecule has 0 spiro atoms. The minimum absolute atomic E-state index is 0.118. The van der Waals surface area contributed by atoms with Crippen molar-refractivity contribution in [3.63, 3.8) is 0 Å². The minimum Gasteiger partial charge on any atom is -0.478 e. The summed E-state index contributed by atoms with van der Waals surface area (Å²) in [5.41, 5.74) is 0. The lowest BCUT2D eigenvalue weighted by atomic mass is 10.4. The van der Waals surface area contributed by atoms with Gasteiger partial charge in [-0.2, -0.15) is 0 Å². The number of aliphatic hydroxyl groups excluding tert-OH is 2. The molecule has 0 atom stereocenters. The molecule has 0 aliphatic heterocycles. The highest BCUT2D eigenvalue weighted by molar-refractivity contribution is 5.78. The van der Waals surface area contributed by atoms with E-state index in [0.717, 1.165) is 6.08 Å². The summed E-state index contributed by atoms with van der Waals surface area (Å²) in [6, 6.07) is 0. The summed E-state index contributed by atoms with van der Waals surface area (Å²) in [7, 11) is 1.44. The average Bonchev–Trinajstić information content (AvgIpc) is 2.09. The summed E-state index contributed by atoms with van der Waals surface area (Å²) in [6.45, 7) is 2.72. The van der Waals surface area contributed by atoms with Gasteiger partial charge >= 0.3 is 5.97 Å². The Labute approximate surface area is 70.9 Å². The van der Waals surface area contributed by atoms with Gasteiger partial charge in [0.15, 0.2) is 0 Å². The second kappa shape index (κ2) is 10.1. The zero-order chi connectivity index (χ0) is 9.98. The summed E-state index contributed by atoms with van der Waals surface area (Å²) in [5.74, 6) is -0.981. The molecule has 12 heavy (non-hydrogen) atoms. The predicted octanol–water partition coefficient (Wildman–Crippen LogP) is -0.757. The van der Waals surface area contributed by atoms with E-state index in [1.54, 1.807) is 0 Å². The molecule has 0 aliphatic carbocycles. The molecule has 3 N–H and O–H groups in total. The molecule has 0 unspecified atom stereocenters. The Morgan fingerprint density at radius 3 is 1.92 bits per heavy atom. The van der Waals surface area contributed by atoms with E-state index in [-0.39, 0.29) is 13.2 Å². The number of methoxy groups -OCH3 is 1. The van der Waals surface area contributed by atoms with Gasteiger partial charge in [-0.1, -0.05) is 6.58 Å². The number of aliphatic carboxylic acids is 1. The van der Waals surface area contributed by atoms with Crippen LogP contribution in [0.5, 0.6) is 0 Å². The fraction of sp³-hybridized carbons (Fsp3) is 0.571. The first kappa shape index (κ1) is 13.7. The molecule has 0 heterocycles. The fourth-order valence-corrected chi connectivity index (χ4v) is 0.207. The Morgan fingerprint density at radius 1 is 1.58 bits per heavy atom. The van der Waals surface area contributed by atoms with E-state index < -0.39 is 12.1 Å². The van der Waals surface area contributed by atoms with E-state index in [9.17, 15) is 4.79 Å². The van der Waals surface area contributed by atoms with Crippen molar-refractivity contribution in [1.29, 1.82) is 0 Å². The summed E-state index contributed by atoms with van der Waals surface area (Å²) in [5, 5.41) is 24.1. The van der Waals surface area contributed by atoms with Gasteiger partial charge in [-0.15, -0.1) is 0 Å². The van der Waals surface area contributed by atoms with Crippen LogP contribution in [0.4, 0.5) is 0 Å². The first-order valence-electron chi connectivity index (χ1n) is 3.22. The van der Waals surface area contributed by atoms with Gasteiger partial charge in [-0.3, -0.25) is 0 Å². The SMILES string of the molecule is C=CC(=O)O.COC(CO)CO. The van der Waals surface area contributed by atoms with Crippen LogP contribution >= 0.6 is 0 Å². The molecule has 5 nitrogen and oxygen atoms in total. The molecule has 0 aromatic carbocycles. The normalized spacial score (nSPS) is 8.67. The van der Waals surface area contributed by atoms with Crippen LogP contribution in [0.25, 0.3) is 0 Å². The molecule has 0 saturated heterocycles. The van der Waals surface area contributed by atoms with E-state index >= 15 is 0 Å². The van der Waals surface area contributed by atoms with E-state index in [1.165, 1.54) is 7.11 Å². The molecule has 72 valence electrons. The van der Waals surface area contributed by atoms with Gasteiger partial charge in [-0.25, -0.2) is 4.79 Å². The molecule has 0 rings (SSSR count). The zero-order valence-corrected chi connectivity index (χ0v) is 6.93. The lowest BCUT2D eigenvalue weighted by Gasteiger charge is -2.05. The lowest BCUT2D eigenvalue weighted by molar-refractivity contribution is -0.131. The van der Waals surface area contributed by atoms with E-state index in [0.29, 0.717) is 0 Å². The second-order valence-electron chi connectivity index (χ2n) is 1.77. The topological polar surface area (TPSA) is 87.0 Å². The number of carboxylic acids is 1. The maximum atomic E-state index is 9.25. The van der Waals surface area contributed by atoms with Crippen LogP contribution in [0.15, 0.2) is 12.7 Å². The van der Waals surface area contributed by atoms with Gasteiger partial charge in [0, 0.05) is 13.2 Å². The van der Waals surface area contributed by atoms with Crippen LogP contribution in [-0.2, 0) is 9.53 Å². The van der Waals surface area contributed by atoms with Gasteiger partial charge in [0.05, 0.1) is 13.2 Å². The number of carbonyl (C=O) groups is 1. The van der Waals surface area contributed by atoms with Crippen LogP contribution < -0.4 is 0 Å². The molecular weight excluding hydrogens is 164 g/mol. The van der Waals surface area contributed by atoms with Crippen molar-refractivity contribution in [3.8, 4) is 0 Å². The van der Waals surface area contributed by atoms with Crippen molar-refractivity contribution >= 4 is 5.97 Å². The standard InChI is InChI=1S/C4H10O3.C3H4O2/c1-7-4(2-5)3-6;1-2-3(4)5/h4-6H,2-3H2,1H3;2H,1H2,(H,4,5). The summed E-state index contributed by atoms with van der Waals surface area (Å²) in [4.78, 5) is 9.25. The molecular formula is C7H14O5. The minimum atomic E-state index is -0.981. The summed E-state index contributed by atoms with van der Waals surface area (Å²) < 4.78 is 4.55. The van der Waals surface area contributed by atoms with Crippen molar-refractivity contribution in [2.24, 2.45) is 0 Å². The third-order valence-corrected chi connectivity index (χ3v) is 0.915. The Balaban J connectivity index is 0. The van der Waals surface area contributed by atoms with Gasteiger partial charge in [0.2, 0.25) is 0 Å². The summed E-state index contributed by atoms with van der Waals surface area (Å²) >= 11 is 0. The molecule has 0 aromatic heterocycles. The molecule has 0 amide bonds.